The Morgan fingerprint density at radius 3 is 2.27 bits per heavy atom. The summed E-state index contributed by atoms with van der Waals surface area (Å²) in [5.41, 5.74) is 1.41. The summed E-state index contributed by atoms with van der Waals surface area (Å²) in [6, 6.07) is 9.60. The first-order chi connectivity index (χ1) is 15.7. The molecule has 176 valence electrons. The lowest BCUT2D eigenvalue weighted by molar-refractivity contribution is -0.126. The normalized spacial score (nSPS) is 17.5. The second-order valence-corrected chi connectivity index (χ2v) is 10.3. The van der Waals surface area contributed by atoms with Crippen LogP contribution in [-0.2, 0) is 21.4 Å². The van der Waals surface area contributed by atoms with Gasteiger partial charge in [-0.25, -0.2) is 17.2 Å². The van der Waals surface area contributed by atoms with Gasteiger partial charge in [0.25, 0.3) is 5.91 Å². The van der Waals surface area contributed by atoms with Crippen molar-refractivity contribution < 1.29 is 26.8 Å². The molecular formula is C23H25F2N3O4S. The Labute approximate surface area is 191 Å². The zero-order valence-electron chi connectivity index (χ0n) is 17.9. The summed E-state index contributed by atoms with van der Waals surface area (Å²) in [5, 5.41) is 5.76. The third kappa shape index (κ3) is 5.56. The Morgan fingerprint density at radius 2 is 1.64 bits per heavy atom. The van der Waals surface area contributed by atoms with E-state index in [1.165, 1.54) is 0 Å². The van der Waals surface area contributed by atoms with Gasteiger partial charge in [-0.05, 0) is 61.6 Å². The van der Waals surface area contributed by atoms with Gasteiger partial charge in [0.2, 0.25) is 15.9 Å². The van der Waals surface area contributed by atoms with Crippen molar-refractivity contribution in [1.82, 2.24) is 14.9 Å². The fourth-order valence-corrected chi connectivity index (χ4v) is 5.32. The maximum Gasteiger partial charge on any atom is 0.251 e. The third-order valence-corrected chi connectivity index (χ3v) is 7.84. The Kier molecular flexibility index (Phi) is 6.76. The molecule has 0 spiro atoms. The molecule has 2 fully saturated rings. The van der Waals surface area contributed by atoms with Crippen LogP contribution in [0.2, 0.25) is 0 Å². The van der Waals surface area contributed by atoms with Gasteiger partial charge in [-0.3, -0.25) is 9.59 Å². The number of hydrogen-bond acceptors (Lipinski definition) is 4. The van der Waals surface area contributed by atoms with Gasteiger partial charge in [0.1, 0.15) is 16.5 Å². The van der Waals surface area contributed by atoms with Crippen molar-refractivity contribution in [1.29, 1.82) is 0 Å². The quantitative estimate of drug-likeness (QED) is 0.641. The van der Waals surface area contributed by atoms with Gasteiger partial charge >= 0.3 is 0 Å². The van der Waals surface area contributed by atoms with E-state index >= 15 is 0 Å². The summed E-state index contributed by atoms with van der Waals surface area (Å²) < 4.78 is 53.8. The Hall–Kier alpha value is -2.85. The van der Waals surface area contributed by atoms with E-state index in [1.54, 1.807) is 24.3 Å². The van der Waals surface area contributed by atoms with Crippen LogP contribution < -0.4 is 10.6 Å². The van der Waals surface area contributed by atoms with Gasteiger partial charge in [-0.1, -0.05) is 12.1 Å². The third-order valence-electron chi connectivity index (χ3n) is 5.93. The molecule has 0 unspecified atom stereocenters. The lowest BCUT2D eigenvalue weighted by Crippen LogP contribution is -2.43. The van der Waals surface area contributed by atoms with Crippen molar-refractivity contribution in [2.24, 2.45) is 5.92 Å². The number of halogens is 2. The van der Waals surface area contributed by atoms with Crippen LogP contribution in [0.5, 0.6) is 0 Å². The largest absolute Gasteiger partial charge is 0.352 e. The number of carbonyl (C=O) groups excluding carboxylic acids is 2. The standard InChI is InChI=1S/C23H25F2N3O4S/c24-18-5-8-20(25)21(13-18)33(31,32)28-11-9-17(10-12-28)22(29)26-14-15-1-3-16(4-2-15)23(30)27-19-6-7-19/h1-5,8,13,17,19H,6-7,9-12,14H2,(H,26,29)(H,27,30). The smallest absolute Gasteiger partial charge is 0.251 e. The maximum atomic E-state index is 14.0. The molecule has 0 aromatic heterocycles. The molecule has 2 aromatic rings. The highest BCUT2D eigenvalue weighted by Crippen LogP contribution is 2.26. The molecule has 0 radical (unpaired) electrons. The molecule has 0 bridgehead atoms. The predicted molar refractivity (Wildman–Crippen MR) is 117 cm³/mol. The molecule has 7 nitrogen and oxygen atoms in total. The van der Waals surface area contributed by atoms with Crippen molar-refractivity contribution in [2.75, 3.05) is 13.1 Å². The summed E-state index contributed by atoms with van der Waals surface area (Å²) in [5.74, 6) is -2.52. The van der Waals surface area contributed by atoms with E-state index in [1.807, 2.05) is 0 Å². The van der Waals surface area contributed by atoms with Crippen LogP contribution in [0, 0.1) is 17.6 Å². The number of benzene rings is 2. The monoisotopic (exact) mass is 477 g/mol. The molecule has 1 saturated heterocycles. The average Bonchev–Trinajstić information content (AvgIpc) is 3.63. The zero-order chi connectivity index (χ0) is 23.6. The van der Waals surface area contributed by atoms with E-state index < -0.39 is 26.6 Å². The molecule has 1 heterocycles. The summed E-state index contributed by atoms with van der Waals surface area (Å²) in [6.07, 6.45) is 2.59. The van der Waals surface area contributed by atoms with Gasteiger partial charge < -0.3 is 10.6 Å². The maximum absolute atomic E-state index is 14.0. The van der Waals surface area contributed by atoms with E-state index in [0.29, 0.717) is 11.6 Å². The molecule has 2 aromatic carbocycles. The minimum Gasteiger partial charge on any atom is -0.352 e. The van der Waals surface area contributed by atoms with Crippen molar-refractivity contribution in [3.8, 4) is 0 Å². The number of rotatable bonds is 7. The molecule has 2 aliphatic rings. The van der Waals surface area contributed by atoms with Crippen LogP contribution in [0.3, 0.4) is 0 Å². The average molecular weight is 478 g/mol. The van der Waals surface area contributed by atoms with Gasteiger partial charge in [0.15, 0.2) is 0 Å². The van der Waals surface area contributed by atoms with Crippen LogP contribution in [0.1, 0.15) is 41.6 Å². The number of piperidine rings is 1. The van der Waals surface area contributed by atoms with Crippen molar-refractivity contribution >= 4 is 21.8 Å². The van der Waals surface area contributed by atoms with E-state index in [2.05, 4.69) is 10.6 Å². The fourth-order valence-electron chi connectivity index (χ4n) is 3.78. The van der Waals surface area contributed by atoms with Gasteiger partial charge in [0, 0.05) is 37.2 Å². The van der Waals surface area contributed by atoms with E-state index in [0.717, 1.165) is 34.8 Å². The highest BCUT2D eigenvalue weighted by Gasteiger charge is 2.33. The van der Waals surface area contributed by atoms with Crippen LogP contribution in [0.15, 0.2) is 47.4 Å². The summed E-state index contributed by atoms with van der Waals surface area (Å²) >= 11 is 0. The topological polar surface area (TPSA) is 95.6 Å². The lowest BCUT2D eigenvalue weighted by atomic mass is 9.97. The van der Waals surface area contributed by atoms with Crippen LogP contribution in [0.4, 0.5) is 8.78 Å². The number of sulfonamides is 1. The van der Waals surface area contributed by atoms with Gasteiger partial charge in [-0.2, -0.15) is 4.31 Å². The molecular weight excluding hydrogens is 452 g/mol. The van der Waals surface area contributed by atoms with Gasteiger partial charge in [0.05, 0.1) is 0 Å². The van der Waals surface area contributed by atoms with E-state index in [4.69, 9.17) is 0 Å². The molecule has 1 aliphatic carbocycles. The van der Waals surface area contributed by atoms with Crippen LogP contribution >= 0.6 is 0 Å². The molecule has 4 rings (SSSR count). The molecule has 1 aliphatic heterocycles. The van der Waals surface area contributed by atoms with E-state index in [-0.39, 0.29) is 56.3 Å². The molecule has 2 N–H and O–H groups in total. The SMILES string of the molecule is O=C(NC1CC1)c1ccc(CNC(=O)C2CCN(S(=O)(=O)c3cc(F)ccc3F)CC2)cc1. The van der Waals surface area contributed by atoms with E-state index in [9.17, 15) is 26.8 Å². The minimum absolute atomic E-state index is 0.0428. The molecule has 1 saturated carbocycles. The highest BCUT2D eigenvalue weighted by atomic mass is 32.2. The van der Waals surface area contributed by atoms with Crippen molar-refractivity contribution in [2.45, 2.75) is 43.2 Å². The fraction of sp³-hybridized carbons (Fsp3) is 0.391. The van der Waals surface area contributed by atoms with Crippen LogP contribution in [0.25, 0.3) is 0 Å². The number of hydrogen-bond donors (Lipinski definition) is 2. The molecule has 10 heteroatoms. The summed E-state index contributed by atoms with van der Waals surface area (Å²) in [6.45, 7) is 0.374. The zero-order valence-corrected chi connectivity index (χ0v) is 18.7. The second kappa shape index (κ2) is 9.56. The Morgan fingerprint density at radius 1 is 0.970 bits per heavy atom. The van der Waals surface area contributed by atoms with Crippen molar-refractivity contribution in [3.05, 3.63) is 65.2 Å². The highest BCUT2D eigenvalue weighted by molar-refractivity contribution is 7.89. The number of nitrogens with one attached hydrogen (secondary N) is 2. The Balaban J connectivity index is 1.28. The number of carbonyl (C=O) groups is 2. The first kappa shape index (κ1) is 23.3. The predicted octanol–water partition coefficient (Wildman–Crippen LogP) is 2.57. The minimum atomic E-state index is -4.18. The molecule has 33 heavy (non-hydrogen) atoms. The van der Waals surface area contributed by atoms with Crippen LogP contribution in [-0.4, -0.2) is 43.7 Å². The Bertz CT molecular complexity index is 1140. The van der Waals surface area contributed by atoms with Crippen molar-refractivity contribution in [3.63, 3.8) is 0 Å². The molecule has 0 atom stereocenters. The summed E-state index contributed by atoms with van der Waals surface area (Å²) in [4.78, 5) is 23.9. The number of nitrogens with zero attached hydrogens (tertiary/aromatic N) is 1. The van der Waals surface area contributed by atoms with Gasteiger partial charge in [-0.15, -0.1) is 0 Å². The summed E-state index contributed by atoms with van der Waals surface area (Å²) in [7, 11) is -4.18. The first-order valence-corrected chi connectivity index (χ1v) is 12.3. The lowest BCUT2D eigenvalue weighted by Gasteiger charge is -2.30. The second-order valence-electron chi connectivity index (χ2n) is 8.42. The number of amides is 2. The molecule has 2 amide bonds. The first-order valence-electron chi connectivity index (χ1n) is 10.9.